The normalized spacial score (nSPS) is 10.8. The molecule has 2 aromatic carbocycles. The molecule has 2 N–H and O–H groups in total. The number of carbonyl (C=O) groups excluding carboxylic acids is 1. The summed E-state index contributed by atoms with van der Waals surface area (Å²) < 4.78 is 0. The standard InChI is InChI=1S/C19H22N2O/c1-16(22)21-14-13-20-15-19-11-9-18(10-12-19)8-7-17-5-3-2-4-6-17/h2-12,20H,13-15H2,1H3,(H,21,22). The summed E-state index contributed by atoms with van der Waals surface area (Å²) in [4.78, 5) is 10.7. The molecule has 3 nitrogen and oxygen atoms in total. The minimum Gasteiger partial charge on any atom is -0.355 e. The minimum absolute atomic E-state index is 0.0105. The maximum atomic E-state index is 10.7. The summed E-state index contributed by atoms with van der Waals surface area (Å²) in [6, 6.07) is 18.7. The number of rotatable bonds is 7. The molecule has 0 aliphatic heterocycles. The van der Waals surface area contributed by atoms with Gasteiger partial charge in [-0.15, -0.1) is 0 Å². The zero-order valence-electron chi connectivity index (χ0n) is 12.9. The van der Waals surface area contributed by atoms with Crippen molar-refractivity contribution in [2.45, 2.75) is 13.5 Å². The summed E-state index contributed by atoms with van der Waals surface area (Å²) in [5, 5.41) is 6.06. The maximum absolute atomic E-state index is 10.7. The van der Waals surface area contributed by atoms with Crippen LogP contribution in [0.15, 0.2) is 54.6 Å². The molecule has 0 atom stereocenters. The van der Waals surface area contributed by atoms with Gasteiger partial charge in [0, 0.05) is 26.6 Å². The Morgan fingerprint density at radius 2 is 1.55 bits per heavy atom. The first-order valence-electron chi connectivity index (χ1n) is 7.51. The number of hydrogen-bond donors (Lipinski definition) is 2. The highest BCUT2D eigenvalue weighted by Crippen LogP contribution is 2.09. The fraction of sp³-hybridized carbons (Fsp3) is 0.211. The van der Waals surface area contributed by atoms with Crippen LogP contribution in [0.5, 0.6) is 0 Å². The SMILES string of the molecule is CC(=O)NCCNCc1ccc(C=Cc2ccccc2)cc1. The van der Waals surface area contributed by atoms with E-state index in [1.54, 1.807) is 0 Å². The second kappa shape index (κ2) is 8.80. The van der Waals surface area contributed by atoms with Crippen LogP contribution in [0.3, 0.4) is 0 Å². The smallest absolute Gasteiger partial charge is 0.216 e. The molecule has 0 bridgehead atoms. The van der Waals surface area contributed by atoms with Crippen LogP contribution < -0.4 is 10.6 Å². The number of hydrogen-bond acceptors (Lipinski definition) is 2. The van der Waals surface area contributed by atoms with Gasteiger partial charge in [0.2, 0.25) is 5.91 Å². The number of carbonyl (C=O) groups is 1. The van der Waals surface area contributed by atoms with Crippen molar-refractivity contribution in [2.24, 2.45) is 0 Å². The van der Waals surface area contributed by atoms with Gasteiger partial charge in [0.25, 0.3) is 0 Å². The fourth-order valence-electron chi connectivity index (χ4n) is 2.06. The van der Waals surface area contributed by atoms with Crippen LogP contribution in [-0.4, -0.2) is 19.0 Å². The Hall–Kier alpha value is -2.39. The molecule has 114 valence electrons. The van der Waals surface area contributed by atoms with Crippen molar-refractivity contribution < 1.29 is 4.79 Å². The number of amides is 1. The van der Waals surface area contributed by atoms with E-state index in [0.717, 1.165) is 13.1 Å². The Balaban J connectivity index is 1.78. The number of benzene rings is 2. The molecule has 0 saturated heterocycles. The molecule has 2 rings (SSSR count). The molecule has 0 heterocycles. The lowest BCUT2D eigenvalue weighted by Gasteiger charge is -2.05. The summed E-state index contributed by atoms with van der Waals surface area (Å²) >= 11 is 0. The van der Waals surface area contributed by atoms with E-state index < -0.39 is 0 Å². The van der Waals surface area contributed by atoms with Crippen molar-refractivity contribution in [1.82, 2.24) is 10.6 Å². The third-order valence-electron chi connectivity index (χ3n) is 3.25. The van der Waals surface area contributed by atoms with Crippen LogP contribution in [0.4, 0.5) is 0 Å². The van der Waals surface area contributed by atoms with Gasteiger partial charge in [0.1, 0.15) is 0 Å². The Kier molecular flexibility index (Phi) is 6.39. The average Bonchev–Trinajstić information content (AvgIpc) is 2.54. The van der Waals surface area contributed by atoms with Crippen molar-refractivity contribution in [3.05, 3.63) is 71.3 Å². The second-order valence-corrected chi connectivity index (χ2v) is 5.15. The van der Waals surface area contributed by atoms with Gasteiger partial charge >= 0.3 is 0 Å². The van der Waals surface area contributed by atoms with E-state index in [0.29, 0.717) is 6.54 Å². The van der Waals surface area contributed by atoms with Crippen LogP contribution in [-0.2, 0) is 11.3 Å². The fourth-order valence-corrected chi connectivity index (χ4v) is 2.06. The van der Waals surface area contributed by atoms with Crippen LogP contribution in [0.2, 0.25) is 0 Å². The predicted octanol–water partition coefficient (Wildman–Crippen LogP) is 3.08. The molecule has 0 unspecified atom stereocenters. The molecule has 0 spiro atoms. The zero-order chi connectivity index (χ0) is 15.6. The molecule has 0 saturated carbocycles. The van der Waals surface area contributed by atoms with Crippen LogP contribution in [0, 0.1) is 0 Å². The van der Waals surface area contributed by atoms with E-state index in [2.05, 4.69) is 59.2 Å². The van der Waals surface area contributed by atoms with Gasteiger partial charge in [-0.25, -0.2) is 0 Å². The van der Waals surface area contributed by atoms with E-state index >= 15 is 0 Å². The molecular weight excluding hydrogens is 272 g/mol. The Bertz CT molecular complexity index is 603. The van der Waals surface area contributed by atoms with Gasteiger partial charge in [-0.2, -0.15) is 0 Å². The van der Waals surface area contributed by atoms with E-state index in [1.807, 2.05) is 18.2 Å². The summed E-state index contributed by atoms with van der Waals surface area (Å²) in [6.07, 6.45) is 4.23. The lowest BCUT2D eigenvalue weighted by Crippen LogP contribution is -2.29. The minimum atomic E-state index is 0.0105. The molecule has 0 aliphatic rings. The highest BCUT2D eigenvalue weighted by Gasteiger charge is 1.94. The van der Waals surface area contributed by atoms with Crippen molar-refractivity contribution in [2.75, 3.05) is 13.1 Å². The van der Waals surface area contributed by atoms with E-state index in [1.165, 1.54) is 23.6 Å². The first kappa shape index (κ1) is 16.0. The summed E-state index contributed by atoms with van der Waals surface area (Å²) in [7, 11) is 0. The molecule has 0 radical (unpaired) electrons. The first-order valence-corrected chi connectivity index (χ1v) is 7.51. The highest BCUT2D eigenvalue weighted by molar-refractivity contribution is 5.72. The molecule has 22 heavy (non-hydrogen) atoms. The lowest BCUT2D eigenvalue weighted by molar-refractivity contribution is -0.118. The first-order chi connectivity index (χ1) is 10.7. The van der Waals surface area contributed by atoms with Crippen LogP contribution in [0.1, 0.15) is 23.6 Å². The molecule has 0 aliphatic carbocycles. The van der Waals surface area contributed by atoms with E-state index in [-0.39, 0.29) is 5.91 Å². The molecule has 3 heteroatoms. The number of nitrogens with one attached hydrogen (secondary N) is 2. The monoisotopic (exact) mass is 294 g/mol. The lowest BCUT2D eigenvalue weighted by atomic mass is 10.1. The molecule has 1 amide bonds. The third kappa shape index (κ3) is 5.94. The van der Waals surface area contributed by atoms with Gasteiger partial charge < -0.3 is 10.6 Å². The molecule has 0 aromatic heterocycles. The largest absolute Gasteiger partial charge is 0.355 e. The third-order valence-corrected chi connectivity index (χ3v) is 3.25. The van der Waals surface area contributed by atoms with Gasteiger partial charge in [-0.1, -0.05) is 66.7 Å². The molecular formula is C19H22N2O. The van der Waals surface area contributed by atoms with Gasteiger partial charge in [0.05, 0.1) is 0 Å². The Morgan fingerprint density at radius 3 is 2.18 bits per heavy atom. The predicted molar refractivity (Wildman–Crippen MR) is 92.2 cm³/mol. The highest BCUT2D eigenvalue weighted by atomic mass is 16.1. The van der Waals surface area contributed by atoms with Crippen molar-refractivity contribution in [1.29, 1.82) is 0 Å². The maximum Gasteiger partial charge on any atom is 0.216 e. The van der Waals surface area contributed by atoms with Crippen molar-refractivity contribution in [3.8, 4) is 0 Å². The van der Waals surface area contributed by atoms with Crippen LogP contribution in [0.25, 0.3) is 12.2 Å². The summed E-state index contributed by atoms with van der Waals surface area (Å²) in [5.74, 6) is 0.0105. The average molecular weight is 294 g/mol. The van der Waals surface area contributed by atoms with Gasteiger partial charge in [-0.3, -0.25) is 4.79 Å². The van der Waals surface area contributed by atoms with E-state index in [4.69, 9.17) is 0 Å². The quantitative estimate of drug-likeness (QED) is 0.608. The molecule has 0 fully saturated rings. The van der Waals surface area contributed by atoms with Gasteiger partial charge in [-0.05, 0) is 16.7 Å². The Morgan fingerprint density at radius 1 is 0.909 bits per heavy atom. The zero-order valence-corrected chi connectivity index (χ0v) is 12.9. The van der Waals surface area contributed by atoms with Gasteiger partial charge in [0.15, 0.2) is 0 Å². The Labute approximate surface area is 132 Å². The summed E-state index contributed by atoms with van der Waals surface area (Å²) in [5.41, 5.74) is 3.62. The topological polar surface area (TPSA) is 41.1 Å². The van der Waals surface area contributed by atoms with Crippen LogP contribution >= 0.6 is 0 Å². The second-order valence-electron chi connectivity index (χ2n) is 5.15. The molecule has 2 aromatic rings. The van der Waals surface area contributed by atoms with E-state index in [9.17, 15) is 4.79 Å². The van der Waals surface area contributed by atoms with Crippen molar-refractivity contribution >= 4 is 18.1 Å². The summed E-state index contributed by atoms with van der Waals surface area (Å²) in [6.45, 7) is 3.77. The van der Waals surface area contributed by atoms with Crippen molar-refractivity contribution in [3.63, 3.8) is 0 Å².